The van der Waals surface area contributed by atoms with Gasteiger partial charge in [-0.05, 0) is 25.7 Å². The normalized spacial score (nSPS) is 31.1. The van der Waals surface area contributed by atoms with E-state index in [1.165, 1.54) is 0 Å². The van der Waals surface area contributed by atoms with E-state index in [9.17, 15) is 14.7 Å². The number of fused-ring (bicyclic) bond motifs is 1. The quantitative estimate of drug-likeness (QED) is 0.796. The van der Waals surface area contributed by atoms with Crippen LogP contribution in [0.4, 0.5) is 4.79 Å². The lowest BCUT2D eigenvalue weighted by atomic mass is 9.81. The average molecular weight is 270 g/mol. The van der Waals surface area contributed by atoms with Crippen LogP contribution in [0.1, 0.15) is 26.2 Å². The van der Waals surface area contributed by atoms with Crippen LogP contribution in [-0.2, 0) is 9.53 Å². The minimum Gasteiger partial charge on any atom is -0.481 e. The summed E-state index contributed by atoms with van der Waals surface area (Å²) in [4.78, 5) is 25.3. The molecule has 0 spiro atoms. The smallest absolute Gasteiger partial charge is 0.317 e. The van der Waals surface area contributed by atoms with Gasteiger partial charge in [-0.2, -0.15) is 0 Å². The topological polar surface area (TPSA) is 78.9 Å². The van der Waals surface area contributed by atoms with Gasteiger partial charge in [-0.1, -0.05) is 6.42 Å². The van der Waals surface area contributed by atoms with Gasteiger partial charge in [0.2, 0.25) is 0 Å². The number of methoxy groups -OCH3 is 1. The van der Waals surface area contributed by atoms with Crippen LogP contribution in [0.3, 0.4) is 0 Å². The van der Waals surface area contributed by atoms with Gasteiger partial charge in [0.25, 0.3) is 0 Å². The molecule has 108 valence electrons. The Labute approximate surface area is 113 Å². The molecule has 2 rings (SSSR count). The molecule has 0 aromatic rings. The minimum absolute atomic E-state index is 0.0706. The lowest BCUT2D eigenvalue weighted by Crippen LogP contribution is -2.45. The van der Waals surface area contributed by atoms with Crippen LogP contribution in [0.25, 0.3) is 0 Å². The van der Waals surface area contributed by atoms with Crippen LogP contribution < -0.4 is 5.32 Å². The highest BCUT2D eigenvalue weighted by molar-refractivity contribution is 5.80. The first-order valence-corrected chi connectivity index (χ1v) is 6.77. The number of carboxylic acids is 1. The van der Waals surface area contributed by atoms with Crippen LogP contribution in [0.5, 0.6) is 0 Å². The summed E-state index contributed by atoms with van der Waals surface area (Å²) >= 11 is 0. The maximum atomic E-state index is 12.1. The molecule has 2 amide bonds. The summed E-state index contributed by atoms with van der Waals surface area (Å²) in [5.74, 6) is -0.649. The first-order chi connectivity index (χ1) is 8.99. The van der Waals surface area contributed by atoms with Crippen LogP contribution >= 0.6 is 0 Å². The van der Waals surface area contributed by atoms with Crippen LogP contribution in [0.2, 0.25) is 0 Å². The number of amides is 2. The monoisotopic (exact) mass is 270 g/mol. The van der Waals surface area contributed by atoms with Crippen molar-refractivity contribution in [1.29, 1.82) is 0 Å². The number of rotatable bonds is 4. The molecule has 2 fully saturated rings. The van der Waals surface area contributed by atoms with E-state index < -0.39 is 11.4 Å². The highest BCUT2D eigenvalue weighted by Crippen LogP contribution is 2.48. The number of likely N-dealkylation sites (tertiary alicyclic amines) is 1. The molecule has 0 radical (unpaired) electrons. The van der Waals surface area contributed by atoms with E-state index in [1.54, 1.807) is 12.0 Å². The predicted octanol–water partition coefficient (Wildman–Crippen LogP) is 0.918. The maximum Gasteiger partial charge on any atom is 0.317 e. The number of nitrogens with zero attached hydrogens (tertiary/aromatic N) is 1. The summed E-state index contributed by atoms with van der Waals surface area (Å²) in [5, 5.41) is 12.3. The van der Waals surface area contributed by atoms with Crippen molar-refractivity contribution in [2.24, 2.45) is 11.3 Å². The number of carbonyl (C=O) groups excluding carboxylic acids is 1. The molecular formula is C13H22N2O4. The summed E-state index contributed by atoms with van der Waals surface area (Å²) < 4.78 is 4.97. The van der Waals surface area contributed by atoms with Gasteiger partial charge in [-0.25, -0.2) is 4.79 Å². The summed E-state index contributed by atoms with van der Waals surface area (Å²) in [6.07, 6.45) is 2.54. The molecule has 2 aliphatic rings. The van der Waals surface area contributed by atoms with Gasteiger partial charge in [-0.3, -0.25) is 4.79 Å². The molecule has 6 heteroatoms. The first-order valence-electron chi connectivity index (χ1n) is 6.77. The lowest BCUT2D eigenvalue weighted by Gasteiger charge is -2.24. The van der Waals surface area contributed by atoms with Crippen molar-refractivity contribution >= 4 is 12.0 Å². The maximum absolute atomic E-state index is 12.1. The third-order valence-electron chi connectivity index (χ3n) is 4.37. The lowest BCUT2D eigenvalue weighted by molar-refractivity contribution is -0.149. The standard InChI is InChI=1S/C13H22N2O4/c1-9(7-19-2)14-12(18)15-6-10-4-3-5-13(10,8-15)11(16)17/h9-10H,3-8H2,1-2H3,(H,14,18)(H,16,17)/t9-,10+,13-/m1/s1. The zero-order valence-electron chi connectivity index (χ0n) is 11.5. The second kappa shape index (κ2) is 5.36. The molecule has 0 aromatic heterocycles. The Balaban J connectivity index is 1.98. The van der Waals surface area contributed by atoms with Crippen LogP contribution in [-0.4, -0.2) is 54.9 Å². The van der Waals surface area contributed by atoms with E-state index in [0.717, 1.165) is 12.8 Å². The van der Waals surface area contributed by atoms with Crippen molar-refractivity contribution < 1.29 is 19.4 Å². The largest absolute Gasteiger partial charge is 0.481 e. The van der Waals surface area contributed by atoms with Gasteiger partial charge in [0, 0.05) is 20.2 Å². The number of carboxylic acid groups (broad SMARTS) is 1. The number of hydrogen-bond donors (Lipinski definition) is 2. The molecule has 0 bridgehead atoms. The molecule has 1 saturated carbocycles. The average Bonchev–Trinajstić information content (AvgIpc) is 2.85. The van der Waals surface area contributed by atoms with Gasteiger partial charge < -0.3 is 20.1 Å². The number of hydrogen-bond acceptors (Lipinski definition) is 3. The van der Waals surface area contributed by atoms with E-state index in [1.807, 2.05) is 6.92 Å². The molecule has 0 aromatic carbocycles. The Morgan fingerprint density at radius 2 is 2.32 bits per heavy atom. The molecule has 3 atom stereocenters. The highest BCUT2D eigenvalue weighted by atomic mass is 16.5. The van der Waals surface area contributed by atoms with Gasteiger partial charge >= 0.3 is 12.0 Å². The minimum atomic E-state index is -0.754. The molecule has 1 heterocycles. The summed E-state index contributed by atoms with van der Waals surface area (Å²) in [5.41, 5.74) is -0.707. The summed E-state index contributed by atoms with van der Waals surface area (Å²) in [6.45, 7) is 3.20. The van der Waals surface area contributed by atoms with Gasteiger partial charge in [0.05, 0.1) is 18.1 Å². The number of nitrogens with one attached hydrogen (secondary N) is 1. The molecule has 6 nitrogen and oxygen atoms in total. The third-order valence-corrected chi connectivity index (χ3v) is 4.37. The van der Waals surface area contributed by atoms with E-state index in [0.29, 0.717) is 26.1 Å². The fourth-order valence-corrected chi connectivity index (χ4v) is 3.39. The predicted molar refractivity (Wildman–Crippen MR) is 68.9 cm³/mol. The molecule has 1 aliphatic carbocycles. The van der Waals surface area contributed by atoms with Gasteiger partial charge in [-0.15, -0.1) is 0 Å². The first kappa shape index (κ1) is 14.1. The van der Waals surface area contributed by atoms with Crippen molar-refractivity contribution in [2.45, 2.75) is 32.2 Å². The Hall–Kier alpha value is -1.30. The number of ether oxygens (including phenoxy) is 1. The SMILES string of the molecule is COC[C@@H](C)NC(=O)N1C[C@@H]2CCC[C@@]2(C(=O)O)C1. The van der Waals surface area contributed by atoms with Crippen molar-refractivity contribution in [3.8, 4) is 0 Å². The second-order valence-electron chi connectivity index (χ2n) is 5.74. The van der Waals surface area contributed by atoms with Crippen molar-refractivity contribution in [3.05, 3.63) is 0 Å². The zero-order chi connectivity index (χ0) is 14.0. The second-order valence-corrected chi connectivity index (χ2v) is 5.74. The van der Waals surface area contributed by atoms with E-state index in [2.05, 4.69) is 5.32 Å². The van der Waals surface area contributed by atoms with Gasteiger partial charge in [0.1, 0.15) is 0 Å². The fraction of sp³-hybridized carbons (Fsp3) is 0.846. The number of urea groups is 1. The molecular weight excluding hydrogens is 248 g/mol. The molecule has 0 unspecified atom stereocenters. The third kappa shape index (κ3) is 2.54. The summed E-state index contributed by atoms with van der Waals surface area (Å²) in [6, 6.07) is -0.252. The van der Waals surface area contributed by atoms with Crippen LogP contribution in [0.15, 0.2) is 0 Å². The number of carbonyl (C=O) groups is 2. The molecule has 1 saturated heterocycles. The van der Waals surface area contributed by atoms with Crippen molar-refractivity contribution in [3.63, 3.8) is 0 Å². The highest BCUT2D eigenvalue weighted by Gasteiger charge is 2.55. The Bertz CT molecular complexity index is 374. The molecule has 1 aliphatic heterocycles. The Morgan fingerprint density at radius 1 is 1.58 bits per heavy atom. The Morgan fingerprint density at radius 3 is 2.89 bits per heavy atom. The van der Waals surface area contributed by atoms with Crippen LogP contribution in [0, 0.1) is 11.3 Å². The van der Waals surface area contributed by atoms with E-state index in [-0.39, 0.29) is 18.0 Å². The fourth-order valence-electron chi connectivity index (χ4n) is 3.39. The van der Waals surface area contributed by atoms with Crippen molar-refractivity contribution in [1.82, 2.24) is 10.2 Å². The zero-order valence-corrected chi connectivity index (χ0v) is 11.5. The molecule has 2 N–H and O–H groups in total. The van der Waals surface area contributed by atoms with Gasteiger partial charge in [0.15, 0.2) is 0 Å². The van der Waals surface area contributed by atoms with E-state index in [4.69, 9.17) is 4.74 Å². The summed E-state index contributed by atoms with van der Waals surface area (Å²) in [7, 11) is 1.59. The Kier molecular flexibility index (Phi) is 3.99. The van der Waals surface area contributed by atoms with Crippen molar-refractivity contribution in [2.75, 3.05) is 26.8 Å². The van der Waals surface area contributed by atoms with E-state index >= 15 is 0 Å². The molecule has 19 heavy (non-hydrogen) atoms. The number of aliphatic carboxylic acids is 1.